The van der Waals surface area contributed by atoms with E-state index in [1.54, 1.807) is 0 Å². The van der Waals surface area contributed by atoms with Gasteiger partial charge in [0.05, 0.1) is 11.5 Å². The third kappa shape index (κ3) is 3.42. The van der Waals surface area contributed by atoms with Gasteiger partial charge in [0.2, 0.25) is 0 Å². The van der Waals surface area contributed by atoms with E-state index in [4.69, 9.17) is 5.73 Å². The smallest absolute Gasteiger partial charge is 0.152 e. The van der Waals surface area contributed by atoms with Gasteiger partial charge in [-0.2, -0.15) is 0 Å². The number of nitrogens with two attached hydrogens (primary N) is 1. The zero-order chi connectivity index (χ0) is 15.6. The molecule has 1 heterocycles. The van der Waals surface area contributed by atoms with Crippen molar-refractivity contribution in [3.8, 4) is 0 Å². The van der Waals surface area contributed by atoms with Gasteiger partial charge in [0.25, 0.3) is 0 Å². The molecule has 0 amide bonds. The Morgan fingerprint density at radius 1 is 1.05 bits per heavy atom. The second-order valence-electron chi connectivity index (χ2n) is 5.76. The van der Waals surface area contributed by atoms with Gasteiger partial charge in [-0.25, -0.2) is 8.42 Å². The number of nitrogen functional groups attached to an aromatic ring is 1. The molecule has 2 N–H and O–H groups in total. The highest BCUT2D eigenvalue weighted by Crippen LogP contribution is 2.26. The molecular formula is C17H20N2O2S. The summed E-state index contributed by atoms with van der Waals surface area (Å²) in [5.41, 5.74) is 8.65. The van der Waals surface area contributed by atoms with E-state index in [1.165, 1.54) is 0 Å². The minimum Gasteiger partial charge on any atom is -0.399 e. The van der Waals surface area contributed by atoms with E-state index < -0.39 is 9.84 Å². The molecule has 1 atom stereocenters. The molecule has 1 aliphatic heterocycles. The first-order valence-corrected chi connectivity index (χ1v) is 9.22. The maximum atomic E-state index is 11.8. The van der Waals surface area contributed by atoms with Gasteiger partial charge in [0, 0.05) is 24.0 Å². The standard InChI is InChI=1S/C17H20N2O2S/c18-15-8-6-14(7-9-15)12-19(16-4-2-1-3-5-16)17-10-11-22(20,21)13-17/h1-9,17H,10-13,18H2/t17-/m0/s1. The Morgan fingerprint density at radius 2 is 1.73 bits per heavy atom. The molecule has 2 aromatic rings. The fourth-order valence-electron chi connectivity index (χ4n) is 2.89. The quantitative estimate of drug-likeness (QED) is 0.880. The number of anilines is 2. The van der Waals surface area contributed by atoms with Gasteiger partial charge < -0.3 is 10.6 Å². The first kappa shape index (κ1) is 14.9. The van der Waals surface area contributed by atoms with Crippen LogP contribution in [-0.2, 0) is 16.4 Å². The number of rotatable bonds is 4. The van der Waals surface area contributed by atoms with Crippen molar-refractivity contribution in [3.63, 3.8) is 0 Å². The van der Waals surface area contributed by atoms with Crippen LogP contribution in [0.25, 0.3) is 0 Å². The van der Waals surface area contributed by atoms with Crippen molar-refractivity contribution in [3.05, 3.63) is 60.2 Å². The Labute approximate surface area is 131 Å². The Kier molecular flexibility index (Phi) is 4.07. The van der Waals surface area contributed by atoms with Crippen molar-refractivity contribution in [1.82, 2.24) is 0 Å². The first-order valence-electron chi connectivity index (χ1n) is 7.40. The van der Waals surface area contributed by atoms with Crippen LogP contribution in [0.1, 0.15) is 12.0 Å². The molecule has 0 aliphatic carbocycles. The van der Waals surface area contributed by atoms with Crippen molar-refractivity contribution in [2.45, 2.75) is 19.0 Å². The number of sulfone groups is 1. The minimum absolute atomic E-state index is 0.0324. The van der Waals surface area contributed by atoms with Gasteiger partial charge in [-0.15, -0.1) is 0 Å². The third-order valence-electron chi connectivity index (χ3n) is 4.07. The maximum absolute atomic E-state index is 11.8. The van der Waals surface area contributed by atoms with E-state index >= 15 is 0 Å². The zero-order valence-electron chi connectivity index (χ0n) is 12.4. The molecule has 2 aromatic carbocycles. The van der Waals surface area contributed by atoms with Crippen LogP contribution in [0.5, 0.6) is 0 Å². The SMILES string of the molecule is Nc1ccc(CN(c2ccccc2)[C@H]2CCS(=O)(=O)C2)cc1. The summed E-state index contributed by atoms with van der Waals surface area (Å²) >= 11 is 0. The highest BCUT2D eigenvalue weighted by molar-refractivity contribution is 7.91. The number of hydrogen-bond acceptors (Lipinski definition) is 4. The lowest BCUT2D eigenvalue weighted by molar-refractivity contribution is 0.599. The molecule has 0 radical (unpaired) electrons. The zero-order valence-corrected chi connectivity index (χ0v) is 13.2. The van der Waals surface area contributed by atoms with Crippen molar-refractivity contribution < 1.29 is 8.42 Å². The molecule has 4 nitrogen and oxygen atoms in total. The highest BCUT2D eigenvalue weighted by atomic mass is 32.2. The Hall–Kier alpha value is -2.01. The lowest BCUT2D eigenvalue weighted by Crippen LogP contribution is -2.35. The van der Waals surface area contributed by atoms with Gasteiger partial charge in [0.1, 0.15) is 0 Å². The van der Waals surface area contributed by atoms with E-state index in [1.807, 2.05) is 54.6 Å². The Bertz CT molecular complexity index is 727. The van der Waals surface area contributed by atoms with E-state index in [9.17, 15) is 8.42 Å². The summed E-state index contributed by atoms with van der Waals surface area (Å²) in [7, 11) is -2.91. The largest absolute Gasteiger partial charge is 0.399 e. The summed E-state index contributed by atoms with van der Waals surface area (Å²) in [6.07, 6.45) is 0.687. The summed E-state index contributed by atoms with van der Waals surface area (Å²) in [5, 5.41) is 0. The Morgan fingerprint density at radius 3 is 2.32 bits per heavy atom. The normalized spacial score (nSPS) is 19.9. The summed E-state index contributed by atoms with van der Waals surface area (Å²) in [6.45, 7) is 0.685. The number of benzene rings is 2. The van der Waals surface area contributed by atoms with E-state index in [0.717, 1.165) is 16.9 Å². The first-order chi connectivity index (χ1) is 10.5. The fourth-order valence-corrected chi connectivity index (χ4v) is 4.62. The Balaban J connectivity index is 1.88. The molecule has 0 aromatic heterocycles. The van der Waals surface area contributed by atoms with Crippen molar-refractivity contribution in [2.24, 2.45) is 0 Å². The van der Waals surface area contributed by atoms with Gasteiger partial charge in [-0.05, 0) is 36.2 Å². The molecule has 1 saturated heterocycles. The number of para-hydroxylation sites is 1. The average Bonchev–Trinajstić information content (AvgIpc) is 2.87. The maximum Gasteiger partial charge on any atom is 0.152 e. The lowest BCUT2D eigenvalue weighted by Gasteiger charge is -2.30. The molecule has 1 fully saturated rings. The van der Waals surface area contributed by atoms with Crippen LogP contribution in [0.3, 0.4) is 0 Å². The predicted molar refractivity (Wildman–Crippen MR) is 90.5 cm³/mol. The monoisotopic (exact) mass is 316 g/mol. The van der Waals surface area contributed by atoms with E-state index in [2.05, 4.69) is 4.90 Å². The van der Waals surface area contributed by atoms with Gasteiger partial charge in [0.15, 0.2) is 9.84 Å². The number of nitrogens with zero attached hydrogens (tertiary/aromatic N) is 1. The average molecular weight is 316 g/mol. The highest BCUT2D eigenvalue weighted by Gasteiger charge is 2.32. The molecule has 0 spiro atoms. The molecule has 116 valence electrons. The van der Waals surface area contributed by atoms with E-state index in [-0.39, 0.29) is 17.5 Å². The van der Waals surface area contributed by atoms with Crippen molar-refractivity contribution in [2.75, 3.05) is 22.1 Å². The lowest BCUT2D eigenvalue weighted by atomic mass is 10.1. The van der Waals surface area contributed by atoms with Gasteiger partial charge in [-0.1, -0.05) is 30.3 Å². The van der Waals surface area contributed by atoms with Gasteiger partial charge >= 0.3 is 0 Å². The molecule has 22 heavy (non-hydrogen) atoms. The topological polar surface area (TPSA) is 63.4 Å². The summed E-state index contributed by atoms with van der Waals surface area (Å²) in [4.78, 5) is 2.19. The van der Waals surface area contributed by atoms with Crippen LogP contribution in [0.15, 0.2) is 54.6 Å². The number of hydrogen-bond donors (Lipinski definition) is 1. The van der Waals surface area contributed by atoms with Crippen molar-refractivity contribution in [1.29, 1.82) is 0 Å². The second-order valence-corrected chi connectivity index (χ2v) is 7.99. The second kappa shape index (κ2) is 6.01. The summed E-state index contributed by atoms with van der Waals surface area (Å²) in [5.74, 6) is 0.513. The molecule has 0 saturated carbocycles. The molecule has 1 aliphatic rings. The van der Waals surface area contributed by atoms with Crippen LogP contribution < -0.4 is 10.6 Å². The van der Waals surface area contributed by atoms with Crippen molar-refractivity contribution >= 4 is 21.2 Å². The summed E-state index contributed by atoms with van der Waals surface area (Å²) in [6, 6.07) is 17.8. The van der Waals surface area contributed by atoms with Crippen LogP contribution >= 0.6 is 0 Å². The fraction of sp³-hybridized carbons (Fsp3) is 0.294. The molecule has 5 heteroatoms. The van der Waals surface area contributed by atoms with Crippen LogP contribution in [0, 0.1) is 0 Å². The predicted octanol–water partition coefficient (Wildman–Crippen LogP) is 2.46. The van der Waals surface area contributed by atoms with Crippen LogP contribution in [0.2, 0.25) is 0 Å². The summed E-state index contributed by atoms with van der Waals surface area (Å²) < 4.78 is 23.7. The molecule has 3 rings (SSSR count). The minimum atomic E-state index is -2.91. The molecule has 0 unspecified atom stereocenters. The van der Waals surface area contributed by atoms with Gasteiger partial charge in [-0.3, -0.25) is 0 Å². The molecular weight excluding hydrogens is 296 g/mol. The van der Waals surface area contributed by atoms with E-state index in [0.29, 0.717) is 13.0 Å². The van der Waals surface area contributed by atoms with Crippen LogP contribution in [0.4, 0.5) is 11.4 Å². The third-order valence-corrected chi connectivity index (χ3v) is 5.82. The van der Waals surface area contributed by atoms with Crippen LogP contribution in [-0.4, -0.2) is 26.0 Å². The molecule has 0 bridgehead atoms.